The molecule has 1 amide bonds. The van der Waals surface area contributed by atoms with Gasteiger partial charge in [-0.3, -0.25) is 9.52 Å². The third-order valence-corrected chi connectivity index (χ3v) is 7.07. The zero-order valence-electron chi connectivity index (χ0n) is 16.6. The Labute approximate surface area is 184 Å². The number of anilines is 2. The van der Waals surface area contributed by atoms with Crippen molar-refractivity contribution in [1.29, 1.82) is 0 Å². The highest BCUT2D eigenvalue weighted by Gasteiger charge is 2.18. The van der Waals surface area contributed by atoms with Crippen LogP contribution < -0.4 is 10.0 Å². The van der Waals surface area contributed by atoms with Crippen molar-refractivity contribution in [3.8, 4) is 10.6 Å². The highest BCUT2D eigenvalue weighted by molar-refractivity contribution is 7.92. The summed E-state index contributed by atoms with van der Waals surface area (Å²) in [6.45, 7) is 1.79. The molecule has 0 atom stereocenters. The summed E-state index contributed by atoms with van der Waals surface area (Å²) in [5.74, 6) is -0.282. The van der Waals surface area contributed by atoms with E-state index >= 15 is 0 Å². The highest BCUT2D eigenvalue weighted by Crippen LogP contribution is 2.28. The summed E-state index contributed by atoms with van der Waals surface area (Å²) in [6, 6.07) is 24.4. The second kappa shape index (κ2) is 8.71. The van der Waals surface area contributed by atoms with Crippen LogP contribution in [0, 0.1) is 6.92 Å². The number of amides is 1. The highest BCUT2D eigenvalue weighted by atomic mass is 32.2. The number of nitrogens with zero attached hydrogens (tertiary/aromatic N) is 1. The lowest BCUT2D eigenvalue weighted by atomic mass is 10.2. The Bertz CT molecular complexity index is 1300. The Morgan fingerprint density at radius 2 is 1.45 bits per heavy atom. The van der Waals surface area contributed by atoms with Crippen molar-refractivity contribution in [2.24, 2.45) is 0 Å². The fourth-order valence-corrected chi connectivity index (χ4v) is 4.96. The number of hydrogen-bond acceptors (Lipinski definition) is 5. The van der Waals surface area contributed by atoms with Crippen molar-refractivity contribution >= 4 is 38.6 Å². The number of carbonyl (C=O) groups is 1. The number of benzene rings is 3. The fraction of sp³-hybridized carbons (Fsp3) is 0.0435. The molecule has 0 spiro atoms. The van der Waals surface area contributed by atoms with Gasteiger partial charge in [0, 0.05) is 16.9 Å². The predicted molar refractivity (Wildman–Crippen MR) is 124 cm³/mol. The average Bonchev–Trinajstić information content (AvgIpc) is 3.17. The molecule has 0 bridgehead atoms. The monoisotopic (exact) mass is 449 g/mol. The van der Waals surface area contributed by atoms with Crippen LogP contribution in [0.3, 0.4) is 0 Å². The Morgan fingerprint density at radius 1 is 0.839 bits per heavy atom. The molecule has 0 aliphatic rings. The summed E-state index contributed by atoms with van der Waals surface area (Å²) in [7, 11) is -3.72. The molecule has 1 heterocycles. The van der Waals surface area contributed by atoms with Gasteiger partial charge in [-0.25, -0.2) is 13.4 Å². The normalized spacial score (nSPS) is 11.1. The zero-order chi connectivity index (χ0) is 21.8. The van der Waals surface area contributed by atoms with E-state index in [2.05, 4.69) is 15.0 Å². The summed E-state index contributed by atoms with van der Waals surface area (Å²) in [5, 5.41) is 3.58. The molecule has 4 rings (SSSR count). The smallest absolute Gasteiger partial charge is 0.267 e. The van der Waals surface area contributed by atoms with Crippen LogP contribution in [0.15, 0.2) is 89.8 Å². The number of carbonyl (C=O) groups excluding carboxylic acids is 1. The van der Waals surface area contributed by atoms with Gasteiger partial charge in [-0.15, -0.1) is 11.3 Å². The van der Waals surface area contributed by atoms with Gasteiger partial charge in [-0.05, 0) is 43.3 Å². The summed E-state index contributed by atoms with van der Waals surface area (Å²) in [4.78, 5) is 17.9. The quantitative estimate of drug-likeness (QED) is 0.425. The first-order valence-corrected chi connectivity index (χ1v) is 11.7. The number of hydrogen-bond donors (Lipinski definition) is 2. The SMILES string of the molecule is Cc1nc(-c2ccccc2)sc1C(=O)Nc1ccc(S(=O)(=O)Nc2ccccc2)cc1. The van der Waals surface area contributed by atoms with E-state index < -0.39 is 10.0 Å². The Hall–Kier alpha value is -3.49. The summed E-state index contributed by atoms with van der Waals surface area (Å²) >= 11 is 1.32. The van der Waals surface area contributed by atoms with Gasteiger partial charge in [0.15, 0.2) is 0 Å². The van der Waals surface area contributed by atoms with E-state index in [0.717, 1.165) is 10.6 Å². The molecule has 0 saturated carbocycles. The topological polar surface area (TPSA) is 88.2 Å². The standard InChI is InChI=1S/C23H19N3O3S2/c1-16-21(30-23(24-16)17-8-4-2-5-9-17)22(27)25-18-12-14-20(15-13-18)31(28,29)26-19-10-6-3-7-11-19/h2-15,26H,1H3,(H,25,27). The minimum absolute atomic E-state index is 0.106. The lowest BCUT2D eigenvalue weighted by Gasteiger charge is -2.09. The van der Waals surface area contributed by atoms with Gasteiger partial charge in [-0.2, -0.15) is 0 Å². The maximum Gasteiger partial charge on any atom is 0.267 e. The van der Waals surface area contributed by atoms with Gasteiger partial charge >= 0.3 is 0 Å². The molecule has 0 unspecified atom stereocenters. The average molecular weight is 450 g/mol. The van der Waals surface area contributed by atoms with Crippen LogP contribution in [0.5, 0.6) is 0 Å². The zero-order valence-corrected chi connectivity index (χ0v) is 18.2. The van der Waals surface area contributed by atoms with Crippen LogP contribution in [0.25, 0.3) is 10.6 Å². The van der Waals surface area contributed by atoms with Crippen LogP contribution in [0.1, 0.15) is 15.4 Å². The second-order valence-corrected chi connectivity index (χ2v) is 9.43. The molecular weight excluding hydrogens is 430 g/mol. The van der Waals surface area contributed by atoms with Crippen molar-refractivity contribution in [3.63, 3.8) is 0 Å². The van der Waals surface area contributed by atoms with Gasteiger partial charge in [0.05, 0.1) is 10.6 Å². The van der Waals surface area contributed by atoms with Gasteiger partial charge in [0.2, 0.25) is 0 Å². The molecule has 156 valence electrons. The molecule has 4 aromatic rings. The van der Waals surface area contributed by atoms with Crippen molar-refractivity contribution in [3.05, 3.63) is 95.5 Å². The Kier molecular flexibility index (Phi) is 5.83. The number of thiazole rings is 1. The molecule has 0 aliphatic heterocycles. The number of sulfonamides is 1. The maximum atomic E-state index is 12.7. The molecule has 3 aromatic carbocycles. The van der Waals surface area contributed by atoms with E-state index in [-0.39, 0.29) is 10.8 Å². The third-order valence-electron chi connectivity index (χ3n) is 4.47. The van der Waals surface area contributed by atoms with E-state index in [1.807, 2.05) is 36.4 Å². The van der Waals surface area contributed by atoms with Crippen LogP contribution in [0.4, 0.5) is 11.4 Å². The maximum absolute atomic E-state index is 12.7. The summed E-state index contributed by atoms with van der Waals surface area (Å²) in [5.41, 5.74) is 2.58. The van der Waals surface area contributed by atoms with E-state index in [9.17, 15) is 13.2 Å². The molecule has 2 N–H and O–H groups in total. The van der Waals surface area contributed by atoms with Crippen LogP contribution >= 0.6 is 11.3 Å². The van der Waals surface area contributed by atoms with Gasteiger partial charge in [-0.1, -0.05) is 48.5 Å². The van der Waals surface area contributed by atoms with Crippen molar-refractivity contribution in [2.45, 2.75) is 11.8 Å². The van der Waals surface area contributed by atoms with Gasteiger partial charge < -0.3 is 5.32 Å². The number of rotatable bonds is 6. The molecule has 0 fully saturated rings. The first-order chi connectivity index (χ1) is 14.9. The molecule has 8 heteroatoms. The molecular formula is C23H19N3O3S2. The van der Waals surface area contributed by atoms with Crippen LogP contribution in [-0.4, -0.2) is 19.3 Å². The van der Waals surface area contributed by atoms with Crippen molar-refractivity contribution in [2.75, 3.05) is 10.0 Å². The molecule has 0 radical (unpaired) electrons. The largest absolute Gasteiger partial charge is 0.321 e. The lowest BCUT2D eigenvalue weighted by molar-refractivity contribution is 0.103. The summed E-state index contributed by atoms with van der Waals surface area (Å²) < 4.78 is 27.6. The second-order valence-electron chi connectivity index (χ2n) is 6.75. The third kappa shape index (κ3) is 4.82. The number of aromatic nitrogens is 1. The predicted octanol–water partition coefficient (Wildman–Crippen LogP) is 5.17. The molecule has 1 aromatic heterocycles. The van der Waals surface area contributed by atoms with E-state index in [4.69, 9.17) is 0 Å². The van der Waals surface area contributed by atoms with E-state index in [0.29, 0.717) is 21.9 Å². The number of nitrogens with one attached hydrogen (secondary N) is 2. The minimum atomic E-state index is -3.72. The van der Waals surface area contributed by atoms with Crippen molar-refractivity contribution < 1.29 is 13.2 Å². The lowest BCUT2D eigenvalue weighted by Crippen LogP contribution is -2.14. The van der Waals surface area contributed by atoms with Gasteiger partial charge in [0.25, 0.3) is 15.9 Å². The molecule has 0 saturated heterocycles. The minimum Gasteiger partial charge on any atom is -0.321 e. The molecule has 31 heavy (non-hydrogen) atoms. The fourth-order valence-electron chi connectivity index (χ4n) is 2.94. The first-order valence-electron chi connectivity index (χ1n) is 9.44. The molecule has 0 aliphatic carbocycles. The van der Waals surface area contributed by atoms with Crippen LogP contribution in [-0.2, 0) is 10.0 Å². The Balaban J connectivity index is 1.48. The van der Waals surface area contributed by atoms with E-state index in [1.54, 1.807) is 43.3 Å². The van der Waals surface area contributed by atoms with Crippen molar-refractivity contribution in [1.82, 2.24) is 4.98 Å². The van der Waals surface area contributed by atoms with E-state index in [1.165, 1.54) is 23.5 Å². The van der Waals surface area contributed by atoms with Gasteiger partial charge in [0.1, 0.15) is 9.88 Å². The first kappa shape index (κ1) is 20.8. The number of aryl methyl sites for hydroxylation is 1. The number of para-hydroxylation sites is 1. The Morgan fingerprint density at radius 3 is 2.10 bits per heavy atom. The van der Waals surface area contributed by atoms with Crippen LogP contribution in [0.2, 0.25) is 0 Å². The summed E-state index contributed by atoms with van der Waals surface area (Å²) in [6.07, 6.45) is 0. The molecule has 6 nitrogen and oxygen atoms in total.